The molecule has 2 saturated heterocycles. The molecule has 1 aromatic carbocycles. The first-order valence-electron chi connectivity index (χ1n) is 12.1. The molecule has 0 spiro atoms. The molecule has 4 heterocycles. The molecular formula is C26H28F2N6O. The summed E-state index contributed by atoms with van der Waals surface area (Å²) in [6.07, 6.45) is 4.45. The van der Waals surface area contributed by atoms with Crippen LogP contribution in [-0.4, -0.2) is 45.0 Å². The van der Waals surface area contributed by atoms with Gasteiger partial charge >= 0.3 is 0 Å². The van der Waals surface area contributed by atoms with Gasteiger partial charge in [-0.15, -0.1) is 0 Å². The quantitative estimate of drug-likeness (QED) is 0.550. The molecule has 1 amide bonds. The average Bonchev–Trinajstić information content (AvgIpc) is 3.44. The minimum atomic E-state index is -0.987. The number of carbonyl (C=O) groups excluding carboxylic acids is 1. The standard InChI is InChI=1S/C26H28F2N6O/c1-15-12-32(14-18(15)11-29)25-16(2)13-34-23(30-25)10-21(31-34)22-6-4-5-9-33(22)26(35)19-7-8-20(27)24(28)17(19)3/h7-8,10,13,15,18,22H,4-6,9,12,14H2,1-3H3/t15-,18+,22-/m0/s1. The van der Waals surface area contributed by atoms with Crippen LogP contribution in [0.3, 0.4) is 0 Å². The molecule has 2 aliphatic heterocycles. The number of aryl methyl sites for hydroxylation is 1. The molecule has 5 rings (SSSR count). The molecule has 3 atom stereocenters. The summed E-state index contributed by atoms with van der Waals surface area (Å²) in [5, 5.41) is 14.2. The van der Waals surface area contributed by atoms with Crippen molar-refractivity contribution >= 4 is 17.4 Å². The zero-order valence-electron chi connectivity index (χ0n) is 20.1. The van der Waals surface area contributed by atoms with Crippen LogP contribution in [0, 0.1) is 48.6 Å². The van der Waals surface area contributed by atoms with Gasteiger partial charge in [0.1, 0.15) is 5.82 Å². The Labute approximate surface area is 203 Å². The molecule has 2 aliphatic rings. The summed E-state index contributed by atoms with van der Waals surface area (Å²) in [6, 6.07) is 6.37. The fraction of sp³-hybridized carbons (Fsp3) is 0.462. The van der Waals surface area contributed by atoms with Gasteiger partial charge in [-0.1, -0.05) is 6.92 Å². The predicted octanol–water partition coefficient (Wildman–Crippen LogP) is 4.59. The monoisotopic (exact) mass is 478 g/mol. The highest BCUT2D eigenvalue weighted by atomic mass is 19.2. The van der Waals surface area contributed by atoms with Crippen molar-refractivity contribution in [1.29, 1.82) is 5.26 Å². The highest BCUT2D eigenvalue weighted by Crippen LogP contribution is 2.34. The van der Waals surface area contributed by atoms with Crippen molar-refractivity contribution in [2.75, 3.05) is 24.5 Å². The Morgan fingerprint density at radius 3 is 2.74 bits per heavy atom. The number of piperidine rings is 1. The number of hydrogen-bond acceptors (Lipinski definition) is 5. The molecule has 0 radical (unpaired) electrons. The van der Waals surface area contributed by atoms with Crippen LogP contribution in [0.4, 0.5) is 14.6 Å². The van der Waals surface area contributed by atoms with Gasteiger partial charge in [0.25, 0.3) is 5.91 Å². The normalized spacial score (nSPS) is 22.6. The second-order valence-corrected chi connectivity index (χ2v) is 9.78. The highest BCUT2D eigenvalue weighted by molar-refractivity contribution is 5.96. The van der Waals surface area contributed by atoms with Crippen LogP contribution in [0.15, 0.2) is 24.4 Å². The van der Waals surface area contributed by atoms with Gasteiger partial charge in [0, 0.05) is 48.6 Å². The number of carbonyl (C=O) groups is 1. The number of benzene rings is 1. The van der Waals surface area contributed by atoms with E-state index in [4.69, 9.17) is 10.1 Å². The van der Waals surface area contributed by atoms with Gasteiger partial charge < -0.3 is 9.80 Å². The summed E-state index contributed by atoms with van der Waals surface area (Å²) >= 11 is 0. The topological polar surface area (TPSA) is 77.5 Å². The molecule has 2 aromatic heterocycles. The molecule has 182 valence electrons. The first kappa shape index (κ1) is 23.2. The number of aromatic nitrogens is 3. The number of likely N-dealkylation sites (tertiary alicyclic amines) is 1. The summed E-state index contributed by atoms with van der Waals surface area (Å²) in [5.41, 5.74) is 2.56. The van der Waals surface area contributed by atoms with Crippen molar-refractivity contribution in [2.24, 2.45) is 11.8 Å². The molecular weight excluding hydrogens is 450 g/mol. The number of rotatable bonds is 3. The molecule has 0 aliphatic carbocycles. The molecule has 0 bridgehead atoms. The maximum atomic E-state index is 14.2. The molecule has 9 heteroatoms. The van der Waals surface area contributed by atoms with Gasteiger partial charge in [-0.25, -0.2) is 18.3 Å². The highest BCUT2D eigenvalue weighted by Gasteiger charge is 2.33. The van der Waals surface area contributed by atoms with Crippen molar-refractivity contribution in [1.82, 2.24) is 19.5 Å². The zero-order chi connectivity index (χ0) is 24.9. The zero-order valence-corrected chi connectivity index (χ0v) is 20.1. The van der Waals surface area contributed by atoms with E-state index in [0.29, 0.717) is 18.7 Å². The minimum Gasteiger partial charge on any atom is -0.355 e. The SMILES string of the molecule is Cc1cn2nc([C@@H]3CCCCN3C(=O)c3ccc(F)c(F)c3C)cc2nc1N1C[C@@H](C#N)[C@@H](C)C1. The van der Waals surface area contributed by atoms with E-state index in [2.05, 4.69) is 17.9 Å². The largest absolute Gasteiger partial charge is 0.355 e. The lowest BCUT2D eigenvalue weighted by atomic mass is 9.97. The van der Waals surface area contributed by atoms with E-state index in [1.165, 1.54) is 13.0 Å². The van der Waals surface area contributed by atoms with Gasteiger partial charge in [-0.05, 0) is 51.2 Å². The van der Waals surface area contributed by atoms with Crippen LogP contribution in [0.5, 0.6) is 0 Å². The third kappa shape index (κ3) is 4.01. The number of nitriles is 1. The van der Waals surface area contributed by atoms with Gasteiger partial charge in [-0.3, -0.25) is 4.79 Å². The second kappa shape index (κ2) is 8.91. The van der Waals surface area contributed by atoms with Gasteiger partial charge in [0.05, 0.1) is 23.7 Å². The summed E-state index contributed by atoms with van der Waals surface area (Å²) in [4.78, 5) is 22.1. The smallest absolute Gasteiger partial charge is 0.254 e. The number of halogens is 2. The number of hydrogen-bond donors (Lipinski definition) is 0. The molecule has 0 saturated carbocycles. The average molecular weight is 479 g/mol. The number of amides is 1. The van der Waals surface area contributed by atoms with E-state index in [-0.39, 0.29) is 34.9 Å². The maximum Gasteiger partial charge on any atom is 0.254 e. The van der Waals surface area contributed by atoms with Crippen LogP contribution in [0.2, 0.25) is 0 Å². The van der Waals surface area contributed by atoms with Gasteiger partial charge in [-0.2, -0.15) is 10.4 Å². The van der Waals surface area contributed by atoms with Crippen LogP contribution >= 0.6 is 0 Å². The van der Waals surface area contributed by atoms with E-state index < -0.39 is 11.6 Å². The molecule has 2 fully saturated rings. The molecule has 0 N–H and O–H groups in total. The molecule has 0 unspecified atom stereocenters. The molecule has 7 nitrogen and oxygen atoms in total. The van der Waals surface area contributed by atoms with E-state index in [0.717, 1.165) is 48.9 Å². The number of fused-ring (bicyclic) bond motifs is 1. The van der Waals surface area contributed by atoms with Crippen LogP contribution in [-0.2, 0) is 0 Å². The maximum absolute atomic E-state index is 14.2. The Kier molecular flexibility index (Phi) is 5.91. The Morgan fingerprint density at radius 2 is 2.00 bits per heavy atom. The third-order valence-corrected chi connectivity index (χ3v) is 7.38. The van der Waals surface area contributed by atoms with E-state index >= 15 is 0 Å². The minimum absolute atomic E-state index is 0.0190. The van der Waals surface area contributed by atoms with Crippen LogP contribution < -0.4 is 4.90 Å². The Morgan fingerprint density at radius 1 is 1.20 bits per heavy atom. The number of nitrogens with zero attached hydrogens (tertiary/aromatic N) is 6. The van der Waals surface area contributed by atoms with Gasteiger partial charge in [0.15, 0.2) is 17.3 Å². The van der Waals surface area contributed by atoms with Crippen LogP contribution in [0.1, 0.15) is 59.4 Å². The van der Waals surface area contributed by atoms with E-state index in [1.54, 1.807) is 9.42 Å². The lowest BCUT2D eigenvalue weighted by molar-refractivity contribution is 0.0604. The second-order valence-electron chi connectivity index (χ2n) is 9.78. The van der Waals surface area contributed by atoms with Crippen molar-refractivity contribution in [3.8, 4) is 6.07 Å². The Balaban J connectivity index is 1.47. The first-order valence-corrected chi connectivity index (χ1v) is 12.1. The molecule has 3 aromatic rings. The summed E-state index contributed by atoms with van der Waals surface area (Å²) in [6.45, 7) is 7.45. The molecule has 35 heavy (non-hydrogen) atoms. The fourth-order valence-corrected chi connectivity index (χ4v) is 5.33. The summed E-state index contributed by atoms with van der Waals surface area (Å²) < 4.78 is 29.5. The Bertz CT molecular complexity index is 1350. The summed E-state index contributed by atoms with van der Waals surface area (Å²) in [7, 11) is 0. The predicted molar refractivity (Wildman–Crippen MR) is 127 cm³/mol. The first-order chi connectivity index (χ1) is 16.8. The lowest BCUT2D eigenvalue weighted by Crippen LogP contribution is -2.39. The third-order valence-electron chi connectivity index (χ3n) is 7.38. The van der Waals surface area contributed by atoms with Crippen molar-refractivity contribution in [2.45, 2.75) is 46.1 Å². The Hall–Kier alpha value is -3.54. The summed E-state index contributed by atoms with van der Waals surface area (Å²) in [5.74, 6) is -1.16. The van der Waals surface area contributed by atoms with E-state index in [1.807, 2.05) is 19.2 Å². The number of anilines is 1. The lowest BCUT2D eigenvalue weighted by Gasteiger charge is -2.35. The van der Waals surface area contributed by atoms with Gasteiger partial charge in [0.2, 0.25) is 0 Å². The van der Waals surface area contributed by atoms with E-state index in [9.17, 15) is 18.8 Å². The fourth-order valence-electron chi connectivity index (χ4n) is 5.33. The van der Waals surface area contributed by atoms with Crippen molar-refractivity contribution in [3.05, 3.63) is 58.4 Å². The van der Waals surface area contributed by atoms with Crippen LogP contribution in [0.25, 0.3) is 5.65 Å². The van der Waals surface area contributed by atoms with Crippen molar-refractivity contribution in [3.63, 3.8) is 0 Å². The van der Waals surface area contributed by atoms with Crippen molar-refractivity contribution < 1.29 is 13.6 Å².